The number of amides is 1. The molecule has 2 aromatic carbocycles. The first kappa shape index (κ1) is 15.1. The van der Waals surface area contributed by atoms with Crippen molar-refractivity contribution in [1.29, 1.82) is 0 Å². The van der Waals surface area contributed by atoms with Gasteiger partial charge in [-0.15, -0.1) is 0 Å². The van der Waals surface area contributed by atoms with E-state index in [1.165, 1.54) is 0 Å². The van der Waals surface area contributed by atoms with E-state index in [1.807, 2.05) is 6.92 Å². The molecule has 0 fully saturated rings. The molecule has 0 radical (unpaired) electrons. The largest absolute Gasteiger partial charge is 0.494 e. The Labute approximate surface area is 124 Å². The highest BCUT2D eigenvalue weighted by Gasteiger charge is 2.07. The predicted molar refractivity (Wildman–Crippen MR) is 82.6 cm³/mol. The van der Waals surface area contributed by atoms with Crippen LogP contribution in [0.1, 0.15) is 35.9 Å². The molecule has 21 heavy (non-hydrogen) atoms. The number of aliphatic hydroxyl groups is 1. The molecule has 0 unspecified atom stereocenters. The molecule has 0 bridgehead atoms. The summed E-state index contributed by atoms with van der Waals surface area (Å²) in [6, 6.07) is 14.1. The standard InChI is InChI=1S/C17H19NO3/c1-3-21-16-10-6-14(7-11-16)17(20)18-15-8-4-13(5-9-15)12(2)19/h4-12,19H,3H2,1-2H3,(H,18,20)/t12-/m0/s1. The fourth-order valence-electron chi connectivity index (χ4n) is 1.92. The Morgan fingerprint density at radius 3 is 2.29 bits per heavy atom. The second kappa shape index (κ2) is 6.90. The number of carbonyl (C=O) groups is 1. The Kier molecular flexibility index (Phi) is 4.95. The second-order valence-corrected chi connectivity index (χ2v) is 4.71. The molecule has 1 atom stereocenters. The van der Waals surface area contributed by atoms with E-state index in [0.717, 1.165) is 11.3 Å². The molecule has 0 saturated carbocycles. The SMILES string of the molecule is CCOc1ccc(C(=O)Nc2ccc([C@H](C)O)cc2)cc1. The number of aliphatic hydroxyl groups excluding tert-OH is 1. The van der Waals surface area contributed by atoms with Gasteiger partial charge in [-0.3, -0.25) is 4.79 Å². The first-order valence-electron chi connectivity index (χ1n) is 6.92. The topological polar surface area (TPSA) is 58.6 Å². The smallest absolute Gasteiger partial charge is 0.255 e. The number of ether oxygens (including phenoxy) is 1. The van der Waals surface area contributed by atoms with Gasteiger partial charge in [0.25, 0.3) is 5.91 Å². The maximum Gasteiger partial charge on any atom is 0.255 e. The van der Waals surface area contributed by atoms with E-state index < -0.39 is 6.10 Å². The first-order valence-corrected chi connectivity index (χ1v) is 6.92. The van der Waals surface area contributed by atoms with Crippen LogP contribution in [0.2, 0.25) is 0 Å². The zero-order chi connectivity index (χ0) is 15.2. The van der Waals surface area contributed by atoms with Gasteiger partial charge in [-0.05, 0) is 55.8 Å². The van der Waals surface area contributed by atoms with Crippen molar-refractivity contribution in [3.63, 3.8) is 0 Å². The lowest BCUT2D eigenvalue weighted by Gasteiger charge is -2.08. The van der Waals surface area contributed by atoms with Gasteiger partial charge in [-0.2, -0.15) is 0 Å². The Morgan fingerprint density at radius 1 is 1.14 bits per heavy atom. The van der Waals surface area contributed by atoms with Crippen molar-refractivity contribution in [3.05, 3.63) is 59.7 Å². The van der Waals surface area contributed by atoms with Gasteiger partial charge in [0.1, 0.15) is 5.75 Å². The van der Waals surface area contributed by atoms with Crippen molar-refractivity contribution in [2.45, 2.75) is 20.0 Å². The minimum Gasteiger partial charge on any atom is -0.494 e. The van der Waals surface area contributed by atoms with Crippen molar-refractivity contribution in [2.24, 2.45) is 0 Å². The maximum absolute atomic E-state index is 12.1. The van der Waals surface area contributed by atoms with E-state index in [4.69, 9.17) is 4.74 Å². The molecule has 2 N–H and O–H groups in total. The lowest BCUT2D eigenvalue weighted by atomic mass is 10.1. The first-order chi connectivity index (χ1) is 10.1. The van der Waals surface area contributed by atoms with Crippen molar-refractivity contribution in [1.82, 2.24) is 0 Å². The molecule has 1 amide bonds. The molecule has 4 nitrogen and oxygen atoms in total. The monoisotopic (exact) mass is 285 g/mol. The van der Waals surface area contributed by atoms with Crippen LogP contribution >= 0.6 is 0 Å². The van der Waals surface area contributed by atoms with Gasteiger partial charge in [0, 0.05) is 11.3 Å². The second-order valence-electron chi connectivity index (χ2n) is 4.71. The quantitative estimate of drug-likeness (QED) is 0.885. The summed E-state index contributed by atoms with van der Waals surface area (Å²) in [5.41, 5.74) is 2.07. The van der Waals surface area contributed by atoms with Gasteiger partial charge in [0.2, 0.25) is 0 Å². The lowest BCUT2D eigenvalue weighted by molar-refractivity contribution is 0.102. The van der Waals surface area contributed by atoms with Crippen molar-refractivity contribution < 1.29 is 14.6 Å². The third kappa shape index (κ3) is 4.07. The number of rotatable bonds is 5. The molecule has 0 saturated heterocycles. The van der Waals surface area contributed by atoms with E-state index in [9.17, 15) is 9.90 Å². The van der Waals surface area contributed by atoms with E-state index in [1.54, 1.807) is 55.5 Å². The van der Waals surface area contributed by atoms with Crippen molar-refractivity contribution >= 4 is 11.6 Å². The van der Waals surface area contributed by atoms with Crippen LogP contribution in [0, 0.1) is 0 Å². The third-order valence-corrected chi connectivity index (χ3v) is 3.08. The van der Waals surface area contributed by atoms with Crippen molar-refractivity contribution in [3.8, 4) is 5.75 Å². The zero-order valence-electron chi connectivity index (χ0n) is 12.2. The highest BCUT2D eigenvalue weighted by molar-refractivity contribution is 6.04. The van der Waals surface area contributed by atoms with Gasteiger partial charge in [0.15, 0.2) is 0 Å². The van der Waals surface area contributed by atoms with Crippen LogP contribution in [-0.2, 0) is 0 Å². The summed E-state index contributed by atoms with van der Waals surface area (Å²) >= 11 is 0. The van der Waals surface area contributed by atoms with Gasteiger partial charge in [0.05, 0.1) is 12.7 Å². The average molecular weight is 285 g/mol. The molecule has 0 aromatic heterocycles. The number of anilines is 1. The van der Waals surface area contributed by atoms with Gasteiger partial charge in [-0.1, -0.05) is 12.1 Å². The lowest BCUT2D eigenvalue weighted by Crippen LogP contribution is -2.11. The number of hydrogen-bond donors (Lipinski definition) is 2. The minimum absolute atomic E-state index is 0.178. The fraction of sp³-hybridized carbons (Fsp3) is 0.235. The molecule has 4 heteroatoms. The van der Waals surface area contributed by atoms with Crippen LogP contribution in [0.15, 0.2) is 48.5 Å². The van der Waals surface area contributed by atoms with Crippen molar-refractivity contribution in [2.75, 3.05) is 11.9 Å². The van der Waals surface area contributed by atoms with Crippen LogP contribution in [0.5, 0.6) is 5.75 Å². The Balaban J connectivity index is 2.03. The summed E-state index contributed by atoms with van der Waals surface area (Å²) < 4.78 is 5.34. The minimum atomic E-state index is -0.513. The Hall–Kier alpha value is -2.33. The Bertz CT molecular complexity index is 588. The summed E-state index contributed by atoms with van der Waals surface area (Å²) in [7, 11) is 0. The molecule has 110 valence electrons. The highest BCUT2D eigenvalue weighted by atomic mass is 16.5. The summed E-state index contributed by atoms with van der Waals surface area (Å²) in [6.07, 6.45) is -0.513. The van der Waals surface area contributed by atoms with Crippen LogP contribution in [0.3, 0.4) is 0 Å². The molecule has 0 aliphatic rings. The summed E-state index contributed by atoms with van der Waals surface area (Å²) in [5, 5.41) is 12.3. The van der Waals surface area contributed by atoms with Crippen LogP contribution < -0.4 is 10.1 Å². The molecule has 0 spiro atoms. The average Bonchev–Trinajstić information content (AvgIpc) is 2.49. The zero-order valence-corrected chi connectivity index (χ0v) is 12.2. The summed E-state index contributed by atoms with van der Waals surface area (Å²) in [5.74, 6) is 0.568. The predicted octanol–water partition coefficient (Wildman–Crippen LogP) is 3.39. The van der Waals surface area contributed by atoms with Crippen LogP contribution in [0.4, 0.5) is 5.69 Å². The molecular formula is C17H19NO3. The van der Waals surface area contributed by atoms with Crippen LogP contribution in [0.25, 0.3) is 0 Å². The van der Waals surface area contributed by atoms with E-state index in [0.29, 0.717) is 17.9 Å². The van der Waals surface area contributed by atoms with Crippen LogP contribution in [-0.4, -0.2) is 17.6 Å². The molecule has 2 aromatic rings. The fourth-order valence-corrected chi connectivity index (χ4v) is 1.92. The normalized spacial score (nSPS) is 11.8. The summed E-state index contributed by atoms with van der Waals surface area (Å²) in [6.45, 7) is 4.21. The van der Waals surface area contributed by atoms with Gasteiger partial charge < -0.3 is 15.2 Å². The van der Waals surface area contributed by atoms with E-state index >= 15 is 0 Å². The number of benzene rings is 2. The third-order valence-electron chi connectivity index (χ3n) is 3.08. The van der Waals surface area contributed by atoms with Gasteiger partial charge in [-0.25, -0.2) is 0 Å². The molecule has 0 aliphatic heterocycles. The van der Waals surface area contributed by atoms with Gasteiger partial charge >= 0.3 is 0 Å². The van der Waals surface area contributed by atoms with E-state index in [-0.39, 0.29) is 5.91 Å². The number of carbonyl (C=O) groups excluding carboxylic acids is 1. The molecule has 0 aliphatic carbocycles. The number of nitrogens with one attached hydrogen (secondary N) is 1. The highest BCUT2D eigenvalue weighted by Crippen LogP contribution is 2.17. The molecular weight excluding hydrogens is 266 g/mol. The van der Waals surface area contributed by atoms with E-state index in [2.05, 4.69) is 5.32 Å². The molecule has 2 rings (SSSR count). The maximum atomic E-state index is 12.1. The molecule has 0 heterocycles. The Morgan fingerprint density at radius 2 is 1.76 bits per heavy atom. The summed E-state index contributed by atoms with van der Waals surface area (Å²) in [4.78, 5) is 12.1. The number of hydrogen-bond acceptors (Lipinski definition) is 3.